The van der Waals surface area contributed by atoms with Gasteiger partial charge in [0.2, 0.25) is 0 Å². The summed E-state index contributed by atoms with van der Waals surface area (Å²) >= 11 is 0. The van der Waals surface area contributed by atoms with Crippen molar-refractivity contribution in [2.45, 2.75) is 26.7 Å². The van der Waals surface area contributed by atoms with Crippen molar-refractivity contribution < 1.29 is 23.5 Å². The zero-order valence-corrected chi connectivity index (χ0v) is 15.3. The first-order valence-electron chi connectivity index (χ1n) is 8.40. The van der Waals surface area contributed by atoms with E-state index >= 15 is 0 Å². The highest BCUT2D eigenvalue weighted by molar-refractivity contribution is 6.06. The summed E-state index contributed by atoms with van der Waals surface area (Å²) in [6.45, 7) is 5.56. The van der Waals surface area contributed by atoms with E-state index < -0.39 is 29.6 Å². The SMILES string of the molecule is CCOC(=O)C1C(N)=NC(C(C)C)=C(C(=O)OC)C1c1ccc(F)cc1. The number of hydrogen-bond acceptors (Lipinski definition) is 6. The second kappa shape index (κ2) is 8.12. The largest absolute Gasteiger partial charge is 0.466 e. The van der Waals surface area contributed by atoms with Crippen molar-refractivity contribution in [2.75, 3.05) is 13.7 Å². The summed E-state index contributed by atoms with van der Waals surface area (Å²) in [6, 6.07) is 5.57. The van der Waals surface area contributed by atoms with Crippen molar-refractivity contribution in [2.24, 2.45) is 22.6 Å². The molecule has 140 valence electrons. The van der Waals surface area contributed by atoms with Gasteiger partial charge in [0.15, 0.2) is 0 Å². The Bertz CT molecular complexity index is 753. The number of benzene rings is 1. The molecule has 2 N–H and O–H groups in total. The number of carbonyl (C=O) groups is 2. The Morgan fingerprint density at radius 2 is 1.88 bits per heavy atom. The van der Waals surface area contributed by atoms with Gasteiger partial charge in [-0.1, -0.05) is 26.0 Å². The lowest BCUT2D eigenvalue weighted by molar-refractivity contribution is -0.146. The number of allylic oxidation sites excluding steroid dienone is 1. The quantitative estimate of drug-likeness (QED) is 0.813. The van der Waals surface area contributed by atoms with Crippen LogP contribution in [-0.2, 0) is 19.1 Å². The van der Waals surface area contributed by atoms with E-state index in [1.807, 2.05) is 13.8 Å². The van der Waals surface area contributed by atoms with Gasteiger partial charge in [0.05, 0.1) is 25.0 Å². The Labute approximate surface area is 151 Å². The Balaban J connectivity index is 2.71. The van der Waals surface area contributed by atoms with Crippen LogP contribution in [0.5, 0.6) is 0 Å². The molecular weight excluding hydrogens is 339 g/mol. The molecule has 2 atom stereocenters. The number of rotatable bonds is 5. The summed E-state index contributed by atoms with van der Waals surface area (Å²) < 4.78 is 23.5. The molecule has 0 amide bonds. The van der Waals surface area contributed by atoms with Crippen molar-refractivity contribution in [1.82, 2.24) is 0 Å². The molecule has 0 fully saturated rings. The van der Waals surface area contributed by atoms with Crippen molar-refractivity contribution >= 4 is 17.8 Å². The van der Waals surface area contributed by atoms with E-state index in [1.54, 1.807) is 6.92 Å². The van der Waals surface area contributed by atoms with Gasteiger partial charge in [0.25, 0.3) is 0 Å². The first-order chi connectivity index (χ1) is 12.3. The Kier molecular flexibility index (Phi) is 6.13. The Hall–Kier alpha value is -2.70. The number of carbonyl (C=O) groups excluding carboxylic acids is 2. The topological polar surface area (TPSA) is 91.0 Å². The lowest BCUT2D eigenvalue weighted by Crippen LogP contribution is -2.42. The molecule has 2 unspecified atom stereocenters. The summed E-state index contributed by atoms with van der Waals surface area (Å²) in [5, 5.41) is 0. The highest BCUT2D eigenvalue weighted by atomic mass is 19.1. The van der Waals surface area contributed by atoms with Gasteiger partial charge in [0.1, 0.15) is 17.6 Å². The molecule has 1 aliphatic heterocycles. The zero-order chi connectivity index (χ0) is 19.4. The Morgan fingerprint density at radius 1 is 1.27 bits per heavy atom. The fraction of sp³-hybridized carbons (Fsp3) is 0.421. The normalized spacial score (nSPS) is 20.0. The Morgan fingerprint density at radius 3 is 2.38 bits per heavy atom. The van der Waals surface area contributed by atoms with Crippen LogP contribution in [0.25, 0.3) is 0 Å². The van der Waals surface area contributed by atoms with E-state index in [-0.39, 0.29) is 23.9 Å². The maximum absolute atomic E-state index is 13.4. The van der Waals surface area contributed by atoms with Crippen molar-refractivity contribution in [3.8, 4) is 0 Å². The molecule has 1 aliphatic rings. The van der Waals surface area contributed by atoms with E-state index in [0.29, 0.717) is 11.3 Å². The van der Waals surface area contributed by atoms with Gasteiger partial charge in [-0.05, 0) is 30.5 Å². The third-order valence-corrected chi connectivity index (χ3v) is 4.21. The van der Waals surface area contributed by atoms with Crippen LogP contribution in [0.4, 0.5) is 4.39 Å². The zero-order valence-electron chi connectivity index (χ0n) is 15.3. The molecule has 0 aliphatic carbocycles. The third-order valence-electron chi connectivity index (χ3n) is 4.21. The molecule has 6 nitrogen and oxygen atoms in total. The molecule has 7 heteroatoms. The maximum atomic E-state index is 13.4. The van der Waals surface area contributed by atoms with Crippen LogP contribution in [0.3, 0.4) is 0 Å². The number of nitrogens with two attached hydrogens (primary N) is 1. The number of aliphatic imine (C=N–C) groups is 1. The predicted molar refractivity (Wildman–Crippen MR) is 94.8 cm³/mol. The monoisotopic (exact) mass is 362 g/mol. The molecule has 1 aromatic carbocycles. The van der Waals surface area contributed by atoms with Gasteiger partial charge >= 0.3 is 11.9 Å². The molecule has 0 saturated heterocycles. The number of amidine groups is 1. The van der Waals surface area contributed by atoms with Gasteiger partial charge in [-0.15, -0.1) is 0 Å². The van der Waals surface area contributed by atoms with Crippen molar-refractivity contribution in [1.29, 1.82) is 0 Å². The van der Waals surface area contributed by atoms with Crippen LogP contribution in [0.15, 0.2) is 40.5 Å². The number of hydrogen-bond donors (Lipinski definition) is 1. The van der Waals surface area contributed by atoms with E-state index in [0.717, 1.165) is 0 Å². The van der Waals surface area contributed by atoms with Gasteiger partial charge < -0.3 is 15.2 Å². The predicted octanol–water partition coefficient (Wildman–Crippen LogP) is 2.54. The number of nitrogens with zero attached hydrogens (tertiary/aromatic N) is 1. The second-order valence-corrected chi connectivity index (χ2v) is 6.24. The maximum Gasteiger partial charge on any atom is 0.336 e. The van der Waals surface area contributed by atoms with E-state index in [4.69, 9.17) is 15.2 Å². The highest BCUT2D eigenvalue weighted by Gasteiger charge is 2.44. The third kappa shape index (κ3) is 3.76. The molecule has 1 aromatic rings. The number of methoxy groups -OCH3 is 1. The molecule has 0 radical (unpaired) electrons. The first kappa shape index (κ1) is 19.6. The average Bonchev–Trinajstić information content (AvgIpc) is 2.60. The summed E-state index contributed by atoms with van der Waals surface area (Å²) in [6.07, 6.45) is 0. The van der Waals surface area contributed by atoms with Crippen molar-refractivity contribution in [3.05, 3.63) is 46.9 Å². The molecular formula is C19H23FN2O4. The van der Waals surface area contributed by atoms with Gasteiger partial charge in [0, 0.05) is 5.92 Å². The van der Waals surface area contributed by atoms with Gasteiger partial charge in [-0.2, -0.15) is 0 Å². The van der Waals surface area contributed by atoms with E-state index in [9.17, 15) is 14.0 Å². The summed E-state index contributed by atoms with van der Waals surface area (Å²) in [7, 11) is 1.26. The molecule has 0 aromatic heterocycles. The second-order valence-electron chi connectivity index (χ2n) is 6.24. The molecule has 0 bridgehead atoms. The average molecular weight is 362 g/mol. The van der Waals surface area contributed by atoms with Gasteiger partial charge in [-0.3, -0.25) is 4.79 Å². The minimum Gasteiger partial charge on any atom is -0.466 e. The fourth-order valence-corrected chi connectivity index (χ4v) is 3.07. The lowest BCUT2D eigenvalue weighted by Gasteiger charge is -2.32. The molecule has 0 spiro atoms. The van der Waals surface area contributed by atoms with Gasteiger partial charge in [-0.25, -0.2) is 14.2 Å². The molecule has 1 heterocycles. The van der Waals surface area contributed by atoms with E-state index in [2.05, 4.69) is 4.99 Å². The van der Waals surface area contributed by atoms with Crippen LogP contribution >= 0.6 is 0 Å². The molecule has 0 saturated carbocycles. The van der Waals surface area contributed by atoms with Crippen molar-refractivity contribution in [3.63, 3.8) is 0 Å². The number of ether oxygens (including phenoxy) is 2. The molecule has 26 heavy (non-hydrogen) atoms. The number of halogens is 1. The van der Waals surface area contributed by atoms with Crippen LogP contribution in [0.2, 0.25) is 0 Å². The van der Waals surface area contributed by atoms with Crippen LogP contribution in [-0.4, -0.2) is 31.5 Å². The standard InChI is InChI=1S/C19H23FN2O4/c1-5-26-19(24)15-13(11-6-8-12(20)9-7-11)14(18(23)25-4)16(10(2)3)22-17(15)21/h6-10,13,15H,5H2,1-4H3,(H2,21,22). The van der Waals surface area contributed by atoms with Crippen LogP contribution < -0.4 is 5.73 Å². The fourth-order valence-electron chi connectivity index (χ4n) is 3.07. The minimum absolute atomic E-state index is 0.0640. The van der Waals surface area contributed by atoms with E-state index in [1.165, 1.54) is 31.4 Å². The summed E-state index contributed by atoms with van der Waals surface area (Å²) in [5.41, 5.74) is 7.33. The smallest absolute Gasteiger partial charge is 0.336 e. The summed E-state index contributed by atoms with van der Waals surface area (Å²) in [5.74, 6) is -3.44. The highest BCUT2D eigenvalue weighted by Crippen LogP contribution is 2.41. The first-order valence-corrected chi connectivity index (χ1v) is 8.40. The molecule has 2 rings (SSSR count). The minimum atomic E-state index is -0.989. The summed E-state index contributed by atoms with van der Waals surface area (Å²) in [4.78, 5) is 29.4. The van der Waals surface area contributed by atoms with Crippen LogP contribution in [0, 0.1) is 17.7 Å². The lowest BCUT2D eigenvalue weighted by atomic mass is 9.76. The van der Waals surface area contributed by atoms with Crippen LogP contribution in [0.1, 0.15) is 32.3 Å². The number of esters is 2.